The van der Waals surface area contributed by atoms with Crippen LogP contribution in [0.2, 0.25) is 0 Å². The second-order valence-electron chi connectivity index (χ2n) is 4.90. The van der Waals surface area contributed by atoms with E-state index in [-0.39, 0.29) is 12.5 Å². The maximum absolute atomic E-state index is 12.1. The summed E-state index contributed by atoms with van der Waals surface area (Å²) in [5.41, 5.74) is 1.09. The van der Waals surface area contributed by atoms with Gasteiger partial charge in [0.25, 0.3) is 5.91 Å². The van der Waals surface area contributed by atoms with E-state index in [1.54, 1.807) is 18.0 Å². The summed E-state index contributed by atoms with van der Waals surface area (Å²) in [4.78, 5) is 13.8. The van der Waals surface area contributed by atoms with Crippen LogP contribution >= 0.6 is 0 Å². The van der Waals surface area contributed by atoms with Crippen molar-refractivity contribution in [2.75, 3.05) is 20.3 Å². The largest absolute Gasteiger partial charge is 0.490 e. The molecule has 0 aliphatic carbocycles. The third-order valence-electron chi connectivity index (χ3n) is 3.19. The van der Waals surface area contributed by atoms with Crippen molar-refractivity contribution in [1.29, 1.82) is 0 Å². The molecule has 0 aliphatic rings. The maximum Gasteiger partial charge on any atom is 0.260 e. The van der Waals surface area contributed by atoms with Crippen LogP contribution in [0.1, 0.15) is 12.5 Å². The fraction of sp³-hybridized carbons (Fsp3) is 0.278. The molecular formula is C18H21NO3. The molecule has 0 aromatic heterocycles. The van der Waals surface area contributed by atoms with Crippen molar-refractivity contribution in [1.82, 2.24) is 4.90 Å². The Kier molecular flexibility index (Phi) is 5.83. The van der Waals surface area contributed by atoms with E-state index < -0.39 is 0 Å². The molecular weight excluding hydrogens is 278 g/mol. The SMILES string of the molecule is CCOc1ccccc1OCC(=O)N(C)Cc1ccccc1. The van der Waals surface area contributed by atoms with E-state index in [1.165, 1.54) is 0 Å². The molecule has 0 atom stereocenters. The monoisotopic (exact) mass is 299 g/mol. The van der Waals surface area contributed by atoms with Gasteiger partial charge in [-0.1, -0.05) is 42.5 Å². The Labute approximate surface area is 131 Å². The van der Waals surface area contributed by atoms with Crippen molar-refractivity contribution < 1.29 is 14.3 Å². The highest BCUT2D eigenvalue weighted by atomic mass is 16.5. The van der Waals surface area contributed by atoms with Gasteiger partial charge in [-0.2, -0.15) is 0 Å². The Morgan fingerprint density at radius 3 is 2.18 bits per heavy atom. The number of para-hydroxylation sites is 2. The summed E-state index contributed by atoms with van der Waals surface area (Å²) >= 11 is 0. The van der Waals surface area contributed by atoms with E-state index in [1.807, 2.05) is 55.5 Å². The van der Waals surface area contributed by atoms with Crippen LogP contribution in [0, 0.1) is 0 Å². The molecule has 116 valence electrons. The van der Waals surface area contributed by atoms with E-state index in [2.05, 4.69) is 0 Å². The van der Waals surface area contributed by atoms with E-state index in [0.717, 1.165) is 5.56 Å². The van der Waals surface area contributed by atoms with Crippen LogP contribution in [0.15, 0.2) is 54.6 Å². The van der Waals surface area contributed by atoms with E-state index >= 15 is 0 Å². The zero-order chi connectivity index (χ0) is 15.8. The summed E-state index contributed by atoms with van der Waals surface area (Å²) in [6.07, 6.45) is 0. The molecule has 4 heteroatoms. The second kappa shape index (κ2) is 8.08. The molecule has 22 heavy (non-hydrogen) atoms. The molecule has 0 radical (unpaired) electrons. The van der Waals surface area contributed by atoms with Crippen LogP contribution in [0.3, 0.4) is 0 Å². The van der Waals surface area contributed by atoms with Gasteiger partial charge in [0, 0.05) is 13.6 Å². The number of carbonyl (C=O) groups is 1. The molecule has 0 aliphatic heterocycles. The lowest BCUT2D eigenvalue weighted by Crippen LogP contribution is -2.31. The highest BCUT2D eigenvalue weighted by Crippen LogP contribution is 2.26. The number of nitrogens with zero attached hydrogens (tertiary/aromatic N) is 1. The van der Waals surface area contributed by atoms with Gasteiger partial charge in [0.2, 0.25) is 0 Å². The van der Waals surface area contributed by atoms with Crippen LogP contribution in [0.4, 0.5) is 0 Å². The molecule has 0 spiro atoms. The molecule has 0 saturated carbocycles. The minimum absolute atomic E-state index is 0.00653. The van der Waals surface area contributed by atoms with Crippen LogP contribution in [-0.4, -0.2) is 31.1 Å². The van der Waals surface area contributed by atoms with Gasteiger partial charge in [0.05, 0.1) is 6.61 Å². The van der Waals surface area contributed by atoms with Crippen molar-refractivity contribution in [3.05, 3.63) is 60.2 Å². The fourth-order valence-corrected chi connectivity index (χ4v) is 2.04. The van der Waals surface area contributed by atoms with Gasteiger partial charge < -0.3 is 14.4 Å². The highest BCUT2D eigenvalue weighted by Gasteiger charge is 2.11. The Morgan fingerprint density at radius 1 is 0.955 bits per heavy atom. The van der Waals surface area contributed by atoms with Crippen molar-refractivity contribution >= 4 is 5.91 Å². The average Bonchev–Trinajstić information content (AvgIpc) is 2.55. The standard InChI is InChI=1S/C18H21NO3/c1-3-21-16-11-7-8-12-17(16)22-14-18(20)19(2)13-15-9-5-4-6-10-15/h4-12H,3,13-14H2,1-2H3. The molecule has 0 bridgehead atoms. The summed E-state index contributed by atoms with van der Waals surface area (Å²) in [6, 6.07) is 17.2. The summed E-state index contributed by atoms with van der Waals surface area (Å²) < 4.78 is 11.1. The van der Waals surface area contributed by atoms with Gasteiger partial charge in [-0.3, -0.25) is 4.79 Å². The van der Waals surface area contributed by atoms with Gasteiger partial charge in [-0.05, 0) is 24.6 Å². The number of rotatable bonds is 7. The normalized spacial score (nSPS) is 10.1. The number of hydrogen-bond acceptors (Lipinski definition) is 3. The number of likely N-dealkylation sites (N-methyl/N-ethyl adjacent to an activating group) is 1. The third kappa shape index (κ3) is 4.52. The van der Waals surface area contributed by atoms with E-state index in [9.17, 15) is 4.79 Å². The second-order valence-corrected chi connectivity index (χ2v) is 4.90. The zero-order valence-electron chi connectivity index (χ0n) is 13.0. The van der Waals surface area contributed by atoms with Gasteiger partial charge in [-0.15, -0.1) is 0 Å². The van der Waals surface area contributed by atoms with E-state index in [0.29, 0.717) is 24.7 Å². The Bertz CT molecular complexity index is 598. The molecule has 0 heterocycles. The number of benzene rings is 2. The molecule has 0 saturated heterocycles. The molecule has 2 rings (SSSR count). The zero-order valence-corrected chi connectivity index (χ0v) is 13.0. The van der Waals surface area contributed by atoms with Crippen LogP contribution in [-0.2, 0) is 11.3 Å². The first-order chi connectivity index (χ1) is 10.7. The Balaban J connectivity index is 1.89. The van der Waals surface area contributed by atoms with Crippen molar-refractivity contribution in [3.63, 3.8) is 0 Å². The highest BCUT2D eigenvalue weighted by molar-refractivity contribution is 5.77. The third-order valence-corrected chi connectivity index (χ3v) is 3.19. The summed E-state index contributed by atoms with van der Waals surface area (Å²) in [5.74, 6) is 1.17. The molecule has 1 amide bonds. The van der Waals surface area contributed by atoms with Crippen molar-refractivity contribution in [2.45, 2.75) is 13.5 Å². The summed E-state index contributed by atoms with van der Waals surface area (Å²) in [5, 5.41) is 0. The molecule has 2 aromatic rings. The first-order valence-electron chi connectivity index (χ1n) is 7.33. The predicted molar refractivity (Wildman–Crippen MR) is 86.0 cm³/mol. The number of hydrogen-bond donors (Lipinski definition) is 0. The predicted octanol–water partition coefficient (Wildman–Crippen LogP) is 3.12. The smallest absolute Gasteiger partial charge is 0.260 e. The summed E-state index contributed by atoms with van der Waals surface area (Å²) in [6.45, 7) is 3.03. The molecule has 4 nitrogen and oxygen atoms in total. The fourth-order valence-electron chi connectivity index (χ4n) is 2.04. The van der Waals surface area contributed by atoms with Crippen LogP contribution in [0.5, 0.6) is 11.5 Å². The molecule has 0 unspecified atom stereocenters. The van der Waals surface area contributed by atoms with Crippen molar-refractivity contribution in [3.8, 4) is 11.5 Å². The lowest BCUT2D eigenvalue weighted by Gasteiger charge is -2.18. The first-order valence-corrected chi connectivity index (χ1v) is 7.33. The lowest BCUT2D eigenvalue weighted by molar-refractivity contribution is -0.132. The Hall–Kier alpha value is -2.49. The van der Waals surface area contributed by atoms with Gasteiger partial charge in [0.1, 0.15) is 0 Å². The van der Waals surface area contributed by atoms with Gasteiger partial charge in [0.15, 0.2) is 18.1 Å². The average molecular weight is 299 g/mol. The summed E-state index contributed by atoms with van der Waals surface area (Å²) in [7, 11) is 1.77. The first kappa shape index (κ1) is 15.9. The minimum atomic E-state index is -0.0739. The number of ether oxygens (including phenoxy) is 2. The quantitative estimate of drug-likeness (QED) is 0.788. The van der Waals surface area contributed by atoms with Crippen LogP contribution < -0.4 is 9.47 Å². The van der Waals surface area contributed by atoms with E-state index in [4.69, 9.17) is 9.47 Å². The maximum atomic E-state index is 12.1. The number of carbonyl (C=O) groups excluding carboxylic acids is 1. The lowest BCUT2D eigenvalue weighted by atomic mass is 10.2. The van der Waals surface area contributed by atoms with Gasteiger partial charge >= 0.3 is 0 Å². The van der Waals surface area contributed by atoms with Crippen molar-refractivity contribution in [2.24, 2.45) is 0 Å². The Morgan fingerprint density at radius 2 is 1.55 bits per heavy atom. The number of amides is 1. The minimum Gasteiger partial charge on any atom is -0.490 e. The molecule has 0 fully saturated rings. The molecule has 0 N–H and O–H groups in total. The van der Waals surface area contributed by atoms with Crippen LogP contribution in [0.25, 0.3) is 0 Å². The topological polar surface area (TPSA) is 38.8 Å². The van der Waals surface area contributed by atoms with Gasteiger partial charge in [-0.25, -0.2) is 0 Å². The molecule has 2 aromatic carbocycles.